The number of benzene rings is 3. The lowest BCUT2D eigenvalue weighted by atomic mass is 10.2. The van der Waals surface area contributed by atoms with Crippen LogP contribution in [0.3, 0.4) is 0 Å². The van der Waals surface area contributed by atoms with E-state index in [1.807, 2.05) is 91.9 Å². The standard InChI is InChI=1S/C19H17OP/c1-16-12-14-19(15-13-16)21(20,17-8-4-2-5-9-17)18-10-6-3-7-11-18/h2-15H,1H3. The molecule has 0 saturated carbocycles. The summed E-state index contributed by atoms with van der Waals surface area (Å²) < 4.78 is 13.9. The second kappa shape index (κ2) is 5.71. The van der Waals surface area contributed by atoms with Crippen LogP contribution < -0.4 is 15.9 Å². The minimum Gasteiger partial charge on any atom is -0.309 e. The minimum atomic E-state index is -2.80. The Kier molecular flexibility index (Phi) is 3.77. The van der Waals surface area contributed by atoms with Crippen molar-refractivity contribution in [2.45, 2.75) is 6.92 Å². The monoisotopic (exact) mass is 292 g/mol. The Hall–Kier alpha value is -2.11. The summed E-state index contributed by atoms with van der Waals surface area (Å²) in [5, 5.41) is 2.63. The predicted octanol–water partition coefficient (Wildman–Crippen LogP) is 3.63. The van der Waals surface area contributed by atoms with Crippen molar-refractivity contribution in [1.29, 1.82) is 0 Å². The van der Waals surface area contributed by atoms with Gasteiger partial charge in [0.05, 0.1) is 0 Å². The molecule has 0 amide bonds. The van der Waals surface area contributed by atoms with Crippen LogP contribution in [0.15, 0.2) is 84.9 Å². The van der Waals surface area contributed by atoms with Crippen molar-refractivity contribution in [3.63, 3.8) is 0 Å². The maximum atomic E-state index is 13.9. The fraction of sp³-hybridized carbons (Fsp3) is 0.0526. The van der Waals surface area contributed by atoms with Crippen LogP contribution in [0.1, 0.15) is 5.56 Å². The largest absolute Gasteiger partial charge is 0.309 e. The third-order valence-electron chi connectivity index (χ3n) is 3.64. The molecule has 0 N–H and O–H groups in total. The van der Waals surface area contributed by atoms with E-state index in [1.165, 1.54) is 5.56 Å². The first-order valence-electron chi connectivity index (χ1n) is 7.00. The molecular formula is C19H17OP. The van der Waals surface area contributed by atoms with Crippen molar-refractivity contribution in [2.75, 3.05) is 0 Å². The lowest BCUT2D eigenvalue weighted by Crippen LogP contribution is -2.24. The highest BCUT2D eigenvalue weighted by atomic mass is 31.2. The summed E-state index contributed by atoms with van der Waals surface area (Å²) in [6.07, 6.45) is 0. The summed E-state index contributed by atoms with van der Waals surface area (Å²) in [5.74, 6) is 0. The Labute approximate surface area is 125 Å². The van der Waals surface area contributed by atoms with Crippen molar-refractivity contribution >= 4 is 23.1 Å². The summed E-state index contributed by atoms with van der Waals surface area (Å²) in [6, 6.07) is 27.5. The molecule has 0 spiro atoms. The molecule has 0 aliphatic rings. The first kappa shape index (κ1) is 13.9. The van der Waals surface area contributed by atoms with Crippen LogP contribution in [-0.2, 0) is 4.57 Å². The van der Waals surface area contributed by atoms with E-state index in [0.717, 1.165) is 15.9 Å². The topological polar surface area (TPSA) is 17.1 Å². The molecular weight excluding hydrogens is 275 g/mol. The predicted molar refractivity (Wildman–Crippen MR) is 90.6 cm³/mol. The van der Waals surface area contributed by atoms with Gasteiger partial charge in [-0.2, -0.15) is 0 Å². The fourth-order valence-electron chi connectivity index (χ4n) is 2.48. The second-order valence-electron chi connectivity index (χ2n) is 5.12. The quantitative estimate of drug-likeness (QED) is 0.674. The first-order valence-corrected chi connectivity index (χ1v) is 8.70. The normalized spacial score (nSPS) is 11.3. The highest BCUT2D eigenvalue weighted by Gasteiger charge is 2.29. The number of hydrogen-bond acceptors (Lipinski definition) is 1. The molecule has 3 aromatic rings. The third-order valence-corrected chi connectivity index (χ3v) is 6.71. The molecule has 0 unspecified atom stereocenters. The van der Waals surface area contributed by atoms with E-state index in [9.17, 15) is 4.57 Å². The number of rotatable bonds is 3. The van der Waals surface area contributed by atoms with Crippen LogP contribution in [0.25, 0.3) is 0 Å². The molecule has 0 saturated heterocycles. The fourth-order valence-corrected chi connectivity index (χ4v) is 5.13. The number of aryl methyl sites for hydroxylation is 1. The maximum absolute atomic E-state index is 13.9. The van der Waals surface area contributed by atoms with Crippen LogP contribution in [0.2, 0.25) is 0 Å². The van der Waals surface area contributed by atoms with Gasteiger partial charge in [-0.25, -0.2) is 0 Å². The molecule has 0 bridgehead atoms. The van der Waals surface area contributed by atoms with Gasteiger partial charge in [0.15, 0.2) is 7.14 Å². The van der Waals surface area contributed by atoms with Gasteiger partial charge in [-0.3, -0.25) is 0 Å². The Balaban J connectivity index is 2.26. The van der Waals surface area contributed by atoms with E-state index in [4.69, 9.17) is 0 Å². The minimum absolute atomic E-state index is 0.875. The number of hydrogen-bond donors (Lipinski definition) is 0. The summed E-state index contributed by atoms with van der Waals surface area (Å²) in [5.41, 5.74) is 1.17. The molecule has 0 aliphatic carbocycles. The van der Waals surface area contributed by atoms with Gasteiger partial charge in [0.1, 0.15) is 0 Å². The van der Waals surface area contributed by atoms with Gasteiger partial charge in [-0.15, -0.1) is 0 Å². The van der Waals surface area contributed by atoms with E-state index >= 15 is 0 Å². The van der Waals surface area contributed by atoms with Crippen molar-refractivity contribution in [3.8, 4) is 0 Å². The van der Waals surface area contributed by atoms with Crippen LogP contribution in [0, 0.1) is 6.92 Å². The van der Waals surface area contributed by atoms with E-state index < -0.39 is 7.14 Å². The van der Waals surface area contributed by atoms with Gasteiger partial charge in [0.25, 0.3) is 0 Å². The smallest absolute Gasteiger partial charge is 0.171 e. The van der Waals surface area contributed by atoms with Crippen LogP contribution in [0.5, 0.6) is 0 Å². The molecule has 0 atom stereocenters. The third kappa shape index (κ3) is 2.57. The molecule has 0 fully saturated rings. The van der Waals surface area contributed by atoms with Gasteiger partial charge in [0, 0.05) is 15.9 Å². The summed E-state index contributed by atoms with van der Waals surface area (Å²) in [7, 11) is -2.80. The van der Waals surface area contributed by atoms with Crippen molar-refractivity contribution in [3.05, 3.63) is 90.5 Å². The van der Waals surface area contributed by atoms with Crippen LogP contribution >= 0.6 is 7.14 Å². The average Bonchev–Trinajstić information content (AvgIpc) is 2.56. The van der Waals surface area contributed by atoms with Gasteiger partial charge in [-0.05, 0) is 6.92 Å². The molecule has 1 nitrogen and oxygen atoms in total. The summed E-state index contributed by atoms with van der Waals surface area (Å²) in [6.45, 7) is 2.04. The van der Waals surface area contributed by atoms with E-state index in [2.05, 4.69) is 0 Å². The molecule has 3 aromatic carbocycles. The summed E-state index contributed by atoms with van der Waals surface area (Å²) in [4.78, 5) is 0. The molecule has 0 radical (unpaired) electrons. The van der Waals surface area contributed by atoms with E-state index in [1.54, 1.807) is 0 Å². The zero-order valence-electron chi connectivity index (χ0n) is 11.9. The second-order valence-corrected chi connectivity index (χ2v) is 7.88. The maximum Gasteiger partial charge on any atom is 0.171 e. The van der Waals surface area contributed by atoms with E-state index in [-0.39, 0.29) is 0 Å². The zero-order chi connectivity index (χ0) is 14.7. The van der Waals surface area contributed by atoms with Gasteiger partial charge < -0.3 is 4.57 Å². The highest BCUT2D eigenvalue weighted by Crippen LogP contribution is 2.42. The molecule has 2 heteroatoms. The van der Waals surface area contributed by atoms with Crippen molar-refractivity contribution < 1.29 is 4.57 Å². The first-order chi connectivity index (χ1) is 10.2. The molecule has 104 valence electrons. The Morgan fingerprint density at radius 1 is 0.571 bits per heavy atom. The van der Waals surface area contributed by atoms with Gasteiger partial charge in [0.2, 0.25) is 0 Å². The van der Waals surface area contributed by atoms with Crippen LogP contribution in [0.4, 0.5) is 0 Å². The Morgan fingerprint density at radius 3 is 1.38 bits per heavy atom. The highest BCUT2D eigenvalue weighted by molar-refractivity contribution is 7.85. The molecule has 0 aromatic heterocycles. The van der Waals surface area contributed by atoms with Crippen LogP contribution in [-0.4, -0.2) is 0 Å². The average molecular weight is 292 g/mol. The Bertz CT molecular complexity index is 718. The Morgan fingerprint density at radius 2 is 0.952 bits per heavy atom. The molecule has 0 heterocycles. The summed E-state index contributed by atoms with van der Waals surface area (Å²) >= 11 is 0. The molecule has 0 aliphatic heterocycles. The van der Waals surface area contributed by atoms with Crippen molar-refractivity contribution in [1.82, 2.24) is 0 Å². The lowest BCUT2D eigenvalue weighted by molar-refractivity contribution is 0.592. The SMILES string of the molecule is Cc1ccc(P(=O)(c2ccccc2)c2ccccc2)cc1. The molecule has 3 rings (SSSR count). The lowest BCUT2D eigenvalue weighted by Gasteiger charge is -2.20. The molecule has 21 heavy (non-hydrogen) atoms. The van der Waals surface area contributed by atoms with Crippen molar-refractivity contribution in [2.24, 2.45) is 0 Å². The van der Waals surface area contributed by atoms with Gasteiger partial charge in [-0.1, -0.05) is 90.5 Å². The van der Waals surface area contributed by atoms with E-state index in [0.29, 0.717) is 0 Å². The van der Waals surface area contributed by atoms with Gasteiger partial charge >= 0.3 is 0 Å². The zero-order valence-corrected chi connectivity index (χ0v) is 12.8.